The van der Waals surface area contributed by atoms with Crippen LogP contribution in [-0.4, -0.2) is 29.7 Å². The van der Waals surface area contributed by atoms with Crippen LogP contribution in [0.5, 0.6) is 0 Å². The summed E-state index contributed by atoms with van der Waals surface area (Å²) in [5.41, 5.74) is -0.272. The highest BCUT2D eigenvalue weighted by atomic mass is 16.6. The topological polar surface area (TPSA) is 53.3 Å². The molecule has 0 spiro atoms. The summed E-state index contributed by atoms with van der Waals surface area (Å²) < 4.78 is 5.25. The molecule has 96 valence electrons. The Kier molecular flexibility index (Phi) is 3.71. The second-order valence-electron chi connectivity index (χ2n) is 6.25. The third-order valence-corrected chi connectivity index (χ3v) is 3.09. The van der Waals surface area contributed by atoms with Crippen LogP contribution in [0.15, 0.2) is 0 Å². The molecule has 0 aromatic rings. The molecule has 1 rings (SSSR count). The van der Waals surface area contributed by atoms with Gasteiger partial charge in [-0.25, -0.2) is 4.79 Å². The Morgan fingerprint density at radius 3 is 2.41 bits per heavy atom. The number of rotatable bonds is 3. The maximum Gasteiger partial charge on any atom is 0.411 e. The Morgan fingerprint density at radius 2 is 2.06 bits per heavy atom. The molecule has 0 aromatic heterocycles. The van der Waals surface area contributed by atoms with Crippen LogP contribution in [0, 0.1) is 16.7 Å². The molecule has 0 saturated heterocycles. The number of nitrogens with zero attached hydrogens (tertiary/aromatic N) is 2. The molecule has 1 unspecified atom stereocenters. The average Bonchev–Trinajstić information content (AvgIpc) is 2.89. The molecule has 1 aliphatic carbocycles. The summed E-state index contributed by atoms with van der Waals surface area (Å²) in [6, 6.07) is 1.80. The van der Waals surface area contributed by atoms with Crippen LogP contribution in [-0.2, 0) is 4.74 Å². The molecule has 0 heterocycles. The third kappa shape index (κ3) is 4.26. The fourth-order valence-corrected chi connectivity index (χ4v) is 1.61. The first-order valence-corrected chi connectivity index (χ1v) is 6.02. The second-order valence-corrected chi connectivity index (χ2v) is 6.25. The van der Waals surface area contributed by atoms with Gasteiger partial charge in [-0.05, 0) is 45.4 Å². The lowest BCUT2D eigenvalue weighted by Gasteiger charge is -2.28. The van der Waals surface area contributed by atoms with E-state index in [2.05, 4.69) is 13.0 Å². The van der Waals surface area contributed by atoms with E-state index < -0.39 is 17.7 Å². The van der Waals surface area contributed by atoms with Crippen molar-refractivity contribution in [3.63, 3.8) is 0 Å². The summed E-state index contributed by atoms with van der Waals surface area (Å²) in [6.07, 6.45) is 2.60. The van der Waals surface area contributed by atoms with E-state index in [-0.39, 0.29) is 5.41 Å². The van der Waals surface area contributed by atoms with Gasteiger partial charge in [-0.3, -0.25) is 4.90 Å². The van der Waals surface area contributed by atoms with Gasteiger partial charge in [-0.1, -0.05) is 6.92 Å². The summed E-state index contributed by atoms with van der Waals surface area (Å²) in [6.45, 7) is 7.62. The first-order valence-electron chi connectivity index (χ1n) is 6.02. The molecule has 1 fully saturated rings. The molecular weight excluding hydrogens is 216 g/mol. The van der Waals surface area contributed by atoms with E-state index in [0.717, 1.165) is 19.3 Å². The number of carbonyl (C=O) groups excluding carboxylic acids is 1. The number of carbonyl (C=O) groups is 1. The molecule has 4 heteroatoms. The fraction of sp³-hybridized carbons (Fsp3) is 0.846. The predicted octanol–water partition coefficient (Wildman–Crippen LogP) is 2.94. The van der Waals surface area contributed by atoms with Gasteiger partial charge in [-0.2, -0.15) is 5.26 Å². The van der Waals surface area contributed by atoms with Gasteiger partial charge in [0.15, 0.2) is 0 Å². The minimum absolute atomic E-state index is 0.247. The standard InChI is InChI=1S/C13H22N2O2/c1-12(2,3)17-11(16)15(5)10(9-14)8-13(4)6-7-13/h10H,6-8H2,1-5H3. The van der Waals surface area contributed by atoms with Crippen molar-refractivity contribution in [2.45, 2.75) is 58.6 Å². The lowest BCUT2D eigenvalue weighted by Crippen LogP contribution is -2.41. The van der Waals surface area contributed by atoms with Gasteiger partial charge >= 0.3 is 6.09 Å². The van der Waals surface area contributed by atoms with Crippen LogP contribution in [0.2, 0.25) is 0 Å². The Morgan fingerprint density at radius 1 is 1.53 bits per heavy atom. The summed E-state index contributed by atoms with van der Waals surface area (Å²) >= 11 is 0. The van der Waals surface area contributed by atoms with Crippen LogP contribution in [0.1, 0.15) is 47.0 Å². The number of ether oxygens (including phenoxy) is 1. The number of nitriles is 1. The SMILES string of the molecule is CN(C(=O)OC(C)(C)C)C(C#N)CC1(C)CC1. The Bertz CT molecular complexity index is 334. The monoisotopic (exact) mass is 238 g/mol. The van der Waals surface area contributed by atoms with Gasteiger partial charge in [0.1, 0.15) is 11.6 Å². The molecule has 0 aliphatic heterocycles. The van der Waals surface area contributed by atoms with Crippen molar-refractivity contribution < 1.29 is 9.53 Å². The molecular formula is C13H22N2O2. The van der Waals surface area contributed by atoms with Gasteiger partial charge in [0.25, 0.3) is 0 Å². The Labute approximate surface area is 104 Å². The van der Waals surface area contributed by atoms with E-state index in [1.165, 1.54) is 4.90 Å². The van der Waals surface area contributed by atoms with Crippen molar-refractivity contribution in [1.82, 2.24) is 4.90 Å². The van der Waals surface area contributed by atoms with E-state index in [4.69, 9.17) is 10.00 Å². The van der Waals surface area contributed by atoms with Crippen LogP contribution in [0.4, 0.5) is 4.79 Å². The molecule has 4 nitrogen and oxygen atoms in total. The lowest BCUT2D eigenvalue weighted by molar-refractivity contribution is 0.0243. The number of hydrogen-bond acceptors (Lipinski definition) is 3. The van der Waals surface area contributed by atoms with E-state index in [1.54, 1.807) is 7.05 Å². The van der Waals surface area contributed by atoms with Crippen LogP contribution in [0.3, 0.4) is 0 Å². The Balaban J connectivity index is 2.57. The zero-order valence-corrected chi connectivity index (χ0v) is 11.4. The van der Waals surface area contributed by atoms with E-state index in [1.807, 2.05) is 20.8 Å². The van der Waals surface area contributed by atoms with Crippen molar-refractivity contribution in [2.75, 3.05) is 7.05 Å². The molecule has 0 radical (unpaired) electrons. The zero-order valence-electron chi connectivity index (χ0n) is 11.4. The van der Waals surface area contributed by atoms with E-state index in [9.17, 15) is 4.79 Å². The van der Waals surface area contributed by atoms with Crippen molar-refractivity contribution in [2.24, 2.45) is 5.41 Å². The molecule has 17 heavy (non-hydrogen) atoms. The summed E-state index contributed by atoms with van der Waals surface area (Å²) in [5, 5.41) is 9.14. The van der Waals surface area contributed by atoms with Crippen molar-refractivity contribution >= 4 is 6.09 Å². The van der Waals surface area contributed by atoms with Gasteiger partial charge in [0.05, 0.1) is 6.07 Å². The second kappa shape index (κ2) is 4.56. The van der Waals surface area contributed by atoms with Crippen molar-refractivity contribution in [3.05, 3.63) is 0 Å². The van der Waals surface area contributed by atoms with Crippen LogP contribution in [0.25, 0.3) is 0 Å². The van der Waals surface area contributed by atoms with Gasteiger partial charge in [0, 0.05) is 7.05 Å². The normalized spacial score (nSPS) is 19.1. The molecule has 0 N–H and O–H groups in total. The van der Waals surface area contributed by atoms with Crippen LogP contribution >= 0.6 is 0 Å². The highest BCUT2D eigenvalue weighted by Crippen LogP contribution is 2.49. The zero-order chi connectivity index (χ0) is 13.3. The minimum atomic E-state index is -0.519. The molecule has 1 saturated carbocycles. The molecule has 1 aliphatic rings. The molecule has 0 bridgehead atoms. The lowest BCUT2D eigenvalue weighted by atomic mass is 9.99. The Hall–Kier alpha value is -1.24. The minimum Gasteiger partial charge on any atom is -0.444 e. The molecule has 1 atom stereocenters. The van der Waals surface area contributed by atoms with Crippen molar-refractivity contribution in [1.29, 1.82) is 5.26 Å². The predicted molar refractivity (Wildman–Crippen MR) is 65.4 cm³/mol. The largest absolute Gasteiger partial charge is 0.444 e. The third-order valence-electron chi connectivity index (χ3n) is 3.09. The molecule has 0 aromatic carbocycles. The summed E-state index contributed by atoms with van der Waals surface area (Å²) in [5.74, 6) is 0. The highest BCUT2D eigenvalue weighted by Gasteiger charge is 2.41. The molecule has 1 amide bonds. The highest BCUT2D eigenvalue weighted by molar-refractivity contribution is 5.68. The van der Waals surface area contributed by atoms with Gasteiger partial charge in [0.2, 0.25) is 0 Å². The quantitative estimate of drug-likeness (QED) is 0.759. The summed E-state index contributed by atoms with van der Waals surface area (Å²) in [7, 11) is 1.63. The van der Waals surface area contributed by atoms with E-state index >= 15 is 0 Å². The van der Waals surface area contributed by atoms with Gasteiger partial charge < -0.3 is 4.74 Å². The maximum atomic E-state index is 11.8. The smallest absolute Gasteiger partial charge is 0.411 e. The number of amides is 1. The maximum absolute atomic E-state index is 11.8. The first-order chi connectivity index (χ1) is 7.67. The average molecular weight is 238 g/mol. The summed E-state index contributed by atoms with van der Waals surface area (Å²) in [4.78, 5) is 13.2. The van der Waals surface area contributed by atoms with E-state index in [0.29, 0.717) is 0 Å². The number of hydrogen-bond donors (Lipinski definition) is 0. The van der Waals surface area contributed by atoms with Gasteiger partial charge in [-0.15, -0.1) is 0 Å². The van der Waals surface area contributed by atoms with Crippen LogP contribution < -0.4 is 0 Å². The van der Waals surface area contributed by atoms with Crippen molar-refractivity contribution in [3.8, 4) is 6.07 Å². The first kappa shape index (κ1) is 13.8. The fourth-order valence-electron chi connectivity index (χ4n) is 1.61.